The zero-order valence-corrected chi connectivity index (χ0v) is 22.6. The van der Waals surface area contributed by atoms with Gasteiger partial charge in [0.2, 0.25) is 12.5 Å². The molecular formula is C28H38N2O7. The summed E-state index contributed by atoms with van der Waals surface area (Å²) >= 11 is 0. The lowest BCUT2D eigenvalue weighted by molar-refractivity contribution is -0.142. The van der Waals surface area contributed by atoms with Crippen LogP contribution in [0.25, 0.3) is 0 Å². The lowest BCUT2D eigenvalue weighted by Gasteiger charge is -2.40. The Morgan fingerprint density at radius 1 is 1.08 bits per heavy atom. The van der Waals surface area contributed by atoms with Crippen LogP contribution in [0.1, 0.15) is 55.8 Å². The highest BCUT2D eigenvalue weighted by Gasteiger charge is 2.45. The molecule has 0 N–H and O–H groups in total. The molecule has 2 unspecified atom stereocenters. The smallest absolute Gasteiger partial charge is 0.334 e. The summed E-state index contributed by atoms with van der Waals surface area (Å²) in [4.78, 5) is 17.3. The Labute approximate surface area is 218 Å². The van der Waals surface area contributed by atoms with Crippen LogP contribution in [0.5, 0.6) is 17.2 Å². The first-order valence-electron chi connectivity index (χ1n) is 13.1. The summed E-state index contributed by atoms with van der Waals surface area (Å²) in [5.74, 6) is 2.28. The Morgan fingerprint density at radius 3 is 2.51 bits per heavy atom. The number of carbonyl (C=O) groups is 1. The summed E-state index contributed by atoms with van der Waals surface area (Å²) in [5, 5.41) is 0. The third kappa shape index (κ3) is 4.75. The largest absolute Gasteiger partial charge is 0.501 e. The highest BCUT2D eigenvalue weighted by molar-refractivity contribution is 5.91. The predicted octanol–water partition coefficient (Wildman–Crippen LogP) is 3.71. The molecule has 4 aliphatic rings. The molecule has 5 rings (SSSR count). The number of likely N-dealkylation sites (tertiary alicyclic amines) is 1. The topological polar surface area (TPSA) is 78.9 Å². The molecule has 0 aromatic heterocycles. The minimum atomic E-state index is -0.404. The standard InChI is InChI=1S/C28H38N2O7/c1-17-18(2)28(31)37-24(17)23-22-20(9-12-29(23)3)21(13-30-10-7-6-8-11-30)25-27(36-16-35-25)26(22)34-15-19(33-5)14-32-4/h14,23-24H,6-13,15-16H2,1-5H3/b19-14-. The summed E-state index contributed by atoms with van der Waals surface area (Å²) < 4.78 is 35.2. The molecule has 9 nitrogen and oxygen atoms in total. The lowest BCUT2D eigenvalue weighted by Crippen LogP contribution is -2.41. The van der Waals surface area contributed by atoms with Crippen LogP contribution in [-0.2, 0) is 32.0 Å². The molecule has 1 fully saturated rings. The van der Waals surface area contributed by atoms with Gasteiger partial charge in [-0.3, -0.25) is 9.80 Å². The molecule has 4 aliphatic heterocycles. The number of hydrogen-bond acceptors (Lipinski definition) is 9. The number of likely N-dealkylation sites (N-methyl/N-ethyl adjacent to an activating group) is 1. The molecule has 202 valence electrons. The van der Waals surface area contributed by atoms with Crippen molar-refractivity contribution in [2.24, 2.45) is 0 Å². The van der Waals surface area contributed by atoms with Crippen molar-refractivity contribution in [3.8, 4) is 17.2 Å². The Balaban J connectivity index is 1.65. The first-order valence-corrected chi connectivity index (χ1v) is 13.1. The van der Waals surface area contributed by atoms with E-state index in [9.17, 15) is 4.79 Å². The lowest BCUT2D eigenvalue weighted by atomic mass is 9.83. The van der Waals surface area contributed by atoms with Gasteiger partial charge in [-0.15, -0.1) is 0 Å². The van der Waals surface area contributed by atoms with E-state index in [0.717, 1.165) is 55.0 Å². The van der Waals surface area contributed by atoms with Crippen LogP contribution in [0.4, 0.5) is 0 Å². The Morgan fingerprint density at radius 2 is 1.84 bits per heavy atom. The quantitative estimate of drug-likeness (QED) is 0.381. The molecule has 1 aromatic rings. The van der Waals surface area contributed by atoms with Gasteiger partial charge in [0, 0.05) is 29.8 Å². The Bertz CT molecular complexity index is 1110. The number of piperidine rings is 1. The van der Waals surface area contributed by atoms with Crippen molar-refractivity contribution in [1.82, 2.24) is 9.80 Å². The molecule has 0 radical (unpaired) electrons. The maximum absolute atomic E-state index is 12.6. The van der Waals surface area contributed by atoms with Gasteiger partial charge in [-0.25, -0.2) is 4.79 Å². The second kappa shape index (κ2) is 10.8. The molecule has 0 bridgehead atoms. The normalized spacial score (nSPS) is 24.2. The van der Waals surface area contributed by atoms with Crippen molar-refractivity contribution in [2.75, 3.05) is 54.3 Å². The van der Waals surface area contributed by atoms with Crippen molar-refractivity contribution in [1.29, 1.82) is 0 Å². The fourth-order valence-electron chi connectivity index (χ4n) is 5.89. The molecule has 0 aliphatic carbocycles. The number of fused-ring (bicyclic) bond motifs is 2. The van der Waals surface area contributed by atoms with Gasteiger partial charge in [0.15, 0.2) is 17.3 Å². The Hall–Kier alpha value is -2.91. The van der Waals surface area contributed by atoms with Crippen LogP contribution < -0.4 is 14.2 Å². The molecule has 0 spiro atoms. The monoisotopic (exact) mass is 514 g/mol. The van der Waals surface area contributed by atoms with E-state index in [-0.39, 0.29) is 25.4 Å². The molecule has 0 amide bonds. The van der Waals surface area contributed by atoms with Crippen molar-refractivity contribution in [3.05, 3.63) is 39.9 Å². The van der Waals surface area contributed by atoms with Crippen LogP contribution in [0.2, 0.25) is 0 Å². The first kappa shape index (κ1) is 25.7. The number of hydrogen-bond donors (Lipinski definition) is 0. The summed E-state index contributed by atoms with van der Waals surface area (Å²) in [6, 6.07) is -0.216. The number of rotatable bonds is 8. The van der Waals surface area contributed by atoms with Crippen molar-refractivity contribution in [3.63, 3.8) is 0 Å². The average Bonchev–Trinajstić information content (AvgIpc) is 3.49. The Kier molecular flexibility index (Phi) is 7.53. The number of cyclic esters (lactones) is 1. The van der Waals surface area contributed by atoms with E-state index in [1.165, 1.54) is 31.1 Å². The van der Waals surface area contributed by atoms with Gasteiger partial charge in [0.05, 0.1) is 20.3 Å². The summed E-state index contributed by atoms with van der Waals surface area (Å²) in [7, 11) is 5.23. The summed E-state index contributed by atoms with van der Waals surface area (Å²) in [5.41, 5.74) is 5.00. The fourth-order valence-corrected chi connectivity index (χ4v) is 5.89. The molecule has 0 saturated carbocycles. The summed E-state index contributed by atoms with van der Waals surface area (Å²) in [6.07, 6.45) is 5.65. The fraction of sp³-hybridized carbons (Fsp3) is 0.607. The predicted molar refractivity (Wildman–Crippen MR) is 137 cm³/mol. The molecular weight excluding hydrogens is 476 g/mol. The highest BCUT2D eigenvalue weighted by Crippen LogP contribution is 2.54. The first-order chi connectivity index (χ1) is 17.9. The number of carbonyl (C=O) groups excluding carboxylic acids is 1. The van der Waals surface area contributed by atoms with Gasteiger partial charge in [0.1, 0.15) is 19.0 Å². The second-order valence-corrected chi connectivity index (χ2v) is 10.2. The third-order valence-electron chi connectivity index (χ3n) is 8.06. The number of esters is 1. The van der Waals surface area contributed by atoms with Gasteiger partial charge >= 0.3 is 5.97 Å². The SMILES string of the molecule is CO/C=C(/COc1c2c(c(CN3CCCCC3)c3c1C(C1OC(=O)C(C)=C1C)N(C)CC3)OCO2)OC. The molecule has 37 heavy (non-hydrogen) atoms. The molecule has 9 heteroatoms. The van der Waals surface area contributed by atoms with Gasteiger partial charge in [-0.2, -0.15) is 0 Å². The summed E-state index contributed by atoms with van der Waals surface area (Å²) in [6.45, 7) is 7.90. The van der Waals surface area contributed by atoms with Crippen molar-refractivity contribution >= 4 is 5.97 Å². The van der Waals surface area contributed by atoms with E-state index in [2.05, 4.69) is 16.8 Å². The zero-order chi connectivity index (χ0) is 26.1. The van der Waals surface area contributed by atoms with Gasteiger partial charge in [-0.1, -0.05) is 6.42 Å². The van der Waals surface area contributed by atoms with Crippen LogP contribution in [0.15, 0.2) is 23.2 Å². The highest BCUT2D eigenvalue weighted by atomic mass is 16.7. The third-order valence-corrected chi connectivity index (χ3v) is 8.06. The number of benzene rings is 1. The van der Waals surface area contributed by atoms with Gasteiger partial charge in [0.25, 0.3) is 0 Å². The molecule has 2 atom stereocenters. The van der Waals surface area contributed by atoms with Gasteiger partial charge in [-0.05, 0) is 64.4 Å². The zero-order valence-electron chi connectivity index (χ0n) is 22.6. The number of nitrogens with zero attached hydrogens (tertiary/aromatic N) is 2. The molecule has 4 heterocycles. The van der Waals surface area contributed by atoms with E-state index in [0.29, 0.717) is 22.8 Å². The van der Waals surface area contributed by atoms with E-state index in [1.54, 1.807) is 14.2 Å². The maximum atomic E-state index is 12.6. The van der Waals surface area contributed by atoms with E-state index in [4.69, 9.17) is 28.4 Å². The maximum Gasteiger partial charge on any atom is 0.334 e. The number of ether oxygens (including phenoxy) is 6. The average molecular weight is 515 g/mol. The van der Waals surface area contributed by atoms with Gasteiger partial charge < -0.3 is 28.4 Å². The molecule has 1 aromatic carbocycles. The molecule has 1 saturated heterocycles. The van der Waals surface area contributed by atoms with E-state index in [1.807, 2.05) is 13.8 Å². The number of methoxy groups -OCH3 is 2. The van der Waals surface area contributed by atoms with Crippen LogP contribution in [0, 0.1) is 0 Å². The minimum absolute atomic E-state index is 0.142. The minimum Gasteiger partial charge on any atom is -0.501 e. The van der Waals surface area contributed by atoms with Crippen LogP contribution in [-0.4, -0.2) is 76.2 Å². The van der Waals surface area contributed by atoms with E-state index >= 15 is 0 Å². The van der Waals surface area contributed by atoms with Crippen molar-refractivity contribution < 1.29 is 33.2 Å². The van der Waals surface area contributed by atoms with E-state index < -0.39 is 6.10 Å². The van der Waals surface area contributed by atoms with Crippen molar-refractivity contribution in [2.45, 2.75) is 58.2 Å². The second-order valence-electron chi connectivity index (χ2n) is 10.2. The van der Waals surface area contributed by atoms with Crippen LogP contribution >= 0.6 is 0 Å². The van der Waals surface area contributed by atoms with Crippen LogP contribution in [0.3, 0.4) is 0 Å².